The van der Waals surface area contributed by atoms with Crippen molar-refractivity contribution < 1.29 is 13.7 Å². The third-order valence-corrected chi connectivity index (χ3v) is 5.80. The molecule has 0 fully saturated rings. The van der Waals surface area contributed by atoms with Gasteiger partial charge >= 0.3 is 0 Å². The van der Waals surface area contributed by atoms with E-state index in [1.807, 2.05) is 31.2 Å². The first-order chi connectivity index (χ1) is 13.1. The molecule has 138 valence electrons. The van der Waals surface area contributed by atoms with E-state index in [4.69, 9.17) is 4.74 Å². The average molecular weight is 381 g/mol. The third kappa shape index (κ3) is 3.26. The van der Waals surface area contributed by atoms with Crippen LogP contribution in [-0.4, -0.2) is 27.0 Å². The Morgan fingerprint density at radius 1 is 1.15 bits per heavy atom. The van der Waals surface area contributed by atoms with E-state index >= 15 is 0 Å². The number of para-hydroxylation sites is 1. The van der Waals surface area contributed by atoms with E-state index in [0.717, 1.165) is 22.5 Å². The molecule has 0 saturated heterocycles. The number of amides is 1. The molecule has 2 aromatic carbocycles. The molecule has 4 rings (SSSR count). The molecular weight excluding hydrogens is 362 g/mol. The van der Waals surface area contributed by atoms with Crippen LogP contribution in [-0.2, 0) is 22.3 Å². The normalized spacial score (nSPS) is 15.4. The van der Waals surface area contributed by atoms with Gasteiger partial charge in [-0.05, 0) is 42.8 Å². The van der Waals surface area contributed by atoms with Crippen LogP contribution in [0.5, 0.6) is 5.75 Å². The van der Waals surface area contributed by atoms with Crippen molar-refractivity contribution in [3.05, 3.63) is 70.9 Å². The molecule has 0 radical (unpaired) electrons. The van der Waals surface area contributed by atoms with Gasteiger partial charge in [0.2, 0.25) is 0 Å². The van der Waals surface area contributed by atoms with E-state index in [0.29, 0.717) is 28.6 Å². The fourth-order valence-electron chi connectivity index (χ4n) is 3.15. The zero-order valence-corrected chi connectivity index (χ0v) is 15.9. The predicted octanol–water partition coefficient (Wildman–Crippen LogP) is 3.20. The summed E-state index contributed by atoms with van der Waals surface area (Å²) in [6.45, 7) is 2.00. The minimum absolute atomic E-state index is 0.243. The monoisotopic (exact) mass is 381 g/mol. The highest BCUT2D eigenvalue weighted by atomic mass is 32.2. The third-order valence-electron chi connectivity index (χ3n) is 4.60. The molecule has 0 aliphatic carbocycles. The van der Waals surface area contributed by atoms with Crippen molar-refractivity contribution in [3.8, 4) is 11.4 Å². The number of anilines is 1. The molecule has 0 unspecified atom stereocenters. The van der Waals surface area contributed by atoms with Crippen LogP contribution in [0.4, 0.5) is 5.82 Å². The molecule has 0 saturated carbocycles. The molecule has 1 aromatic heterocycles. The van der Waals surface area contributed by atoms with Crippen LogP contribution in [0.15, 0.2) is 48.5 Å². The Morgan fingerprint density at radius 3 is 2.59 bits per heavy atom. The van der Waals surface area contributed by atoms with E-state index in [-0.39, 0.29) is 5.91 Å². The summed E-state index contributed by atoms with van der Waals surface area (Å²) in [5.41, 5.74) is 4.07. The summed E-state index contributed by atoms with van der Waals surface area (Å²) in [5.74, 6) is 1.85. The number of aryl methyl sites for hydroxylation is 1. The fraction of sp³-hybridized carbons (Fsp3) is 0.200. The van der Waals surface area contributed by atoms with Gasteiger partial charge < -0.3 is 10.1 Å². The summed E-state index contributed by atoms with van der Waals surface area (Å²) in [7, 11) is 0.607. The molecule has 7 heteroatoms. The van der Waals surface area contributed by atoms with Crippen LogP contribution in [0.25, 0.3) is 5.69 Å². The maximum absolute atomic E-state index is 12.8. The number of methoxy groups -OCH3 is 1. The number of carbonyl (C=O) groups excluding carboxylic acids is 1. The van der Waals surface area contributed by atoms with Crippen molar-refractivity contribution in [2.75, 3.05) is 12.4 Å². The van der Waals surface area contributed by atoms with Crippen molar-refractivity contribution in [2.45, 2.75) is 18.4 Å². The number of nitrogens with zero attached hydrogens (tertiary/aromatic N) is 2. The molecule has 27 heavy (non-hydrogen) atoms. The molecule has 0 spiro atoms. The highest BCUT2D eigenvalue weighted by Gasteiger charge is 2.28. The van der Waals surface area contributed by atoms with E-state index in [2.05, 4.69) is 10.4 Å². The standard InChI is InChI=1S/C20H19N3O3S/c1-13-5-3-4-6-18(13)23-19(16-11-27(25)12-17(16)22-23)21-20(24)14-7-9-15(26-2)10-8-14/h3-10H,11-12H2,1-2H3,(H,21,24)/t27-/m1/s1. The first-order valence-corrected chi connectivity index (χ1v) is 10.0. The smallest absolute Gasteiger partial charge is 0.256 e. The highest BCUT2D eigenvalue weighted by Crippen LogP contribution is 2.32. The van der Waals surface area contributed by atoms with E-state index < -0.39 is 10.8 Å². The molecular formula is C20H19N3O3S. The topological polar surface area (TPSA) is 73.2 Å². The number of carbonyl (C=O) groups is 1. The van der Waals surface area contributed by atoms with Crippen LogP contribution < -0.4 is 10.1 Å². The number of rotatable bonds is 4. The minimum Gasteiger partial charge on any atom is -0.497 e. The molecule has 1 N–H and O–H groups in total. The fourth-order valence-corrected chi connectivity index (χ4v) is 4.42. The SMILES string of the molecule is COc1ccc(C(=O)Nc2c3c(nn2-c2ccccc2C)C[S@](=O)C3)cc1. The summed E-state index contributed by atoms with van der Waals surface area (Å²) < 4.78 is 18.9. The maximum Gasteiger partial charge on any atom is 0.256 e. The number of benzene rings is 2. The Labute approximate surface area is 159 Å². The number of hydrogen-bond acceptors (Lipinski definition) is 4. The summed E-state index contributed by atoms with van der Waals surface area (Å²) in [4.78, 5) is 12.8. The number of fused-ring (bicyclic) bond motifs is 1. The number of hydrogen-bond donors (Lipinski definition) is 1. The lowest BCUT2D eigenvalue weighted by Crippen LogP contribution is -2.17. The van der Waals surface area contributed by atoms with Gasteiger partial charge in [0.05, 0.1) is 30.0 Å². The largest absolute Gasteiger partial charge is 0.497 e. The number of aromatic nitrogens is 2. The molecule has 1 aliphatic rings. The van der Waals surface area contributed by atoms with Crippen molar-refractivity contribution in [1.29, 1.82) is 0 Å². The molecule has 0 bridgehead atoms. The van der Waals surface area contributed by atoms with E-state index in [9.17, 15) is 9.00 Å². The second-order valence-corrected chi connectivity index (χ2v) is 7.84. The first kappa shape index (κ1) is 17.5. The maximum atomic E-state index is 12.8. The Bertz CT molecular complexity index is 1040. The van der Waals surface area contributed by atoms with Crippen molar-refractivity contribution in [2.24, 2.45) is 0 Å². The van der Waals surface area contributed by atoms with E-state index in [1.54, 1.807) is 36.1 Å². The zero-order valence-electron chi connectivity index (χ0n) is 15.1. The summed E-state index contributed by atoms with van der Waals surface area (Å²) in [6.07, 6.45) is 0. The van der Waals surface area contributed by atoms with Crippen LogP contribution in [0.3, 0.4) is 0 Å². The van der Waals surface area contributed by atoms with Crippen LogP contribution in [0, 0.1) is 6.92 Å². The van der Waals surface area contributed by atoms with Gasteiger partial charge in [-0.3, -0.25) is 9.00 Å². The van der Waals surface area contributed by atoms with Gasteiger partial charge in [0, 0.05) is 21.9 Å². The van der Waals surface area contributed by atoms with Crippen molar-refractivity contribution >= 4 is 22.5 Å². The van der Waals surface area contributed by atoms with Crippen LogP contribution in [0.2, 0.25) is 0 Å². The highest BCUT2D eigenvalue weighted by molar-refractivity contribution is 7.83. The van der Waals surface area contributed by atoms with Gasteiger partial charge in [-0.2, -0.15) is 5.10 Å². The van der Waals surface area contributed by atoms with Gasteiger partial charge in [0.1, 0.15) is 11.6 Å². The Hall–Kier alpha value is -2.93. The van der Waals surface area contributed by atoms with Gasteiger partial charge in [-0.15, -0.1) is 0 Å². The summed E-state index contributed by atoms with van der Waals surface area (Å²) in [5, 5.41) is 7.61. The van der Waals surface area contributed by atoms with Gasteiger partial charge in [-0.1, -0.05) is 18.2 Å². The molecule has 1 aliphatic heterocycles. The molecule has 2 heterocycles. The lowest BCUT2D eigenvalue weighted by molar-refractivity contribution is 0.102. The number of nitrogens with one attached hydrogen (secondary N) is 1. The molecule has 3 aromatic rings. The van der Waals surface area contributed by atoms with Gasteiger partial charge in [0.15, 0.2) is 0 Å². The summed E-state index contributed by atoms with van der Waals surface area (Å²) >= 11 is 0. The van der Waals surface area contributed by atoms with Crippen LogP contribution in [0.1, 0.15) is 27.2 Å². The Morgan fingerprint density at radius 2 is 1.89 bits per heavy atom. The van der Waals surface area contributed by atoms with Crippen molar-refractivity contribution in [1.82, 2.24) is 9.78 Å². The Balaban J connectivity index is 1.73. The quantitative estimate of drug-likeness (QED) is 0.753. The van der Waals surface area contributed by atoms with Crippen molar-refractivity contribution in [3.63, 3.8) is 0 Å². The lowest BCUT2D eigenvalue weighted by atomic mass is 10.2. The predicted molar refractivity (Wildman–Crippen MR) is 105 cm³/mol. The number of ether oxygens (including phenoxy) is 1. The second kappa shape index (κ2) is 7.00. The summed E-state index contributed by atoms with van der Waals surface area (Å²) in [6, 6.07) is 14.7. The Kier molecular flexibility index (Phi) is 4.53. The van der Waals surface area contributed by atoms with Gasteiger partial charge in [-0.25, -0.2) is 4.68 Å². The average Bonchev–Trinajstić information content (AvgIpc) is 3.19. The molecule has 1 atom stereocenters. The lowest BCUT2D eigenvalue weighted by Gasteiger charge is -2.13. The molecule has 6 nitrogen and oxygen atoms in total. The minimum atomic E-state index is -0.976. The second-order valence-electron chi connectivity index (χ2n) is 6.38. The first-order valence-electron chi connectivity index (χ1n) is 8.54. The zero-order chi connectivity index (χ0) is 19.0. The van der Waals surface area contributed by atoms with Gasteiger partial charge in [0.25, 0.3) is 5.91 Å². The van der Waals surface area contributed by atoms with E-state index in [1.165, 1.54) is 0 Å². The van der Waals surface area contributed by atoms with Crippen LogP contribution >= 0.6 is 0 Å². The molecule has 1 amide bonds.